The summed E-state index contributed by atoms with van der Waals surface area (Å²) in [5.74, 6) is -0.525. The SMILES string of the molecule is Cc1cccc([N+](=O)[O-])c1C(=O)NC(C)CC#N. The first kappa shape index (κ1) is 13.6. The highest BCUT2D eigenvalue weighted by Gasteiger charge is 2.22. The zero-order chi connectivity index (χ0) is 13.7. The molecule has 1 unspecified atom stereocenters. The van der Waals surface area contributed by atoms with Crippen LogP contribution in [0.1, 0.15) is 29.3 Å². The van der Waals surface area contributed by atoms with E-state index < -0.39 is 10.8 Å². The Kier molecular flexibility index (Phi) is 4.38. The summed E-state index contributed by atoms with van der Waals surface area (Å²) in [7, 11) is 0. The van der Waals surface area contributed by atoms with Gasteiger partial charge in [0, 0.05) is 12.1 Å². The minimum atomic E-state index is -0.586. The Labute approximate surface area is 104 Å². The monoisotopic (exact) mass is 247 g/mol. The normalized spacial score (nSPS) is 11.4. The summed E-state index contributed by atoms with van der Waals surface area (Å²) >= 11 is 0. The number of nitro benzene ring substituents is 1. The fourth-order valence-corrected chi connectivity index (χ4v) is 1.58. The van der Waals surface area contributed by atoms with E-state index in [0.29, 0.717) is 5.56 Å². The lowest BCUT2D eigenvalue weighted by molar-refractivity contribution is -0.385. The number of hydrogen-bond acceptors (Lipinski definition) is 4. The zero-order valence-electron chi connectivity index (χ0n) is 10.1. The van der Waals surface area contributed by atoms with Gasteiger partial charge in [0.05, 0.1) is 17.4 Å². The predicted octanol–water partition coefficient (Wildman–Crippen LogP) is 1.94. The lowest BCUT2D eigenvalue weighted by atomic mass is 10.1. The van der Waals surface area contributed by atoms with Crippen LogP contribution in [0.5, 0.6) is 0 Å². The summed E-state index contributed by atoms with van der Waals surface area (Å²) < 4.78 is 0. The van der Waals surface area contributed by atoms with Gasteiger partial charge in [-0.15, -0.1) is 0 Å². The second kappa shape index (κ2) is 5.77. The van der Waals surface area contributed by atoms with Gasteiger partial charge in [0.2, 0.25) is 0 Å². The van der Waals surface area contributed by atoms with Crippen molar-refractivity contribution in [1.82, 2.24) is 5.32 Å². The van der Waals surface area contributed by atoms with Gasteiger partial charge in [0.15, 0.2) is 0 Å². The second-order valence-electron chi connectivity index (χ2n) is 3.96. The van der Waals surface area contributed by atoms with E-state index in [1.807, 2.05) is 6.07 Å². The molecule has 1 atom stereocenters. The number of nitro groups is 1. The maximum Gasteiger partial charge on any atom is 0.282 e. The maximum absolute atomic E-state index is 12.0. The van der Waals surface area contributed by atoms with Crippen LogP contribution in [0.3, 0.4) is 0 Å². The quantitative estimate of drug-likeness (QED) is 0.649. The third-order valence-corrected chi connectivity index (χ3v) is 2.45. The van der Waals surface area contributed by atoms with Crippen LogP contribution >= 0.6 is 0 Å². The van der Waals surface area contributed by atoms with Crippen molar-refractivity contribution in [3.05, 3.63) is 39.4 Å². The highest BCUT2D eigenvalue weighted by atomic mass is 16.6. The molecule has 0 saturated heterocycles. The number of nitrogens with one attached hydrogen (secondary N) is 1. The average molecular weight is 247 g/mol. The molecule has 18 heavy (non-hydrogen) atoms. The smallest absolute Gasteiger partial charge is 0.282 e. The van der Waals surface area contributed by atoms with Crippen LogP contribution in [-0.4, -0.2) is 16.9 Å². The van der Waals surface area contributed by atoms with E-state index in [1.165, 1.54) is 12.1 Å². The Morgan fingerprint density at radius 1 is 1.61 bits per heavy atom. The van der Waals surface area contributed by atoms with E-state index in [-0.39, 0.29) is 23.7 Å². The molecule has 0 radical (unpaired) electrons. The predicted molar refractivity (Wildman–Crippen MR) is 65.0 cm³/mol. The van der Waals surface area contributed by atoms with Gasteiger partial charge in [-0.25, -0.2) is 0 Å². The molecular weight excluding hydrogens is 234 g/mol. The lowest BCUT2D eigenvalue weighted by Gasteiger charge is -2.11. The van der Waals surface area contributed by atoms with Gasteiger partial charge in [-0.1, -0.05) is 12.1 Å². The van der Waals surface area contributed by atoms with Crippen molar-refractivity contribution < 1.29 is 9.72 Å². The van der Waals surface area contributed by atoms with Gasteiger partial charge in [-0.3, -0.25) is 14.9 Å². The second-order valence-corrected chi connectivity index (χ2v) is 3.96. The highest BCUT2D eigenvalue weighted by molar-refractivity contribution is 5.99. The molecule has 1 aromatic carbocycles. The first-order valence-electron chi connectivity index (χ1n) is 5.39. The molecule has 94 valence electrons. The zero-order valence-corrected chi connectivity index (χ0v) is 10.1. The van der Waals surface area contributed by atoms with Gasteiger partial charge in [-0.2, -0.15) is 5.26 Å². The summed E-state index contributed by atoms with van der Waals surface area (Å²) in [6.45, 7) is 3.31. The van der Waals surface area contributed by atoms with Crippen molar-refractivity contribution in [2.45, 2.75) is 26.3 Å². The number of carbonyl (C=O) groups is 1. The molecule has 1 amide bonds. The molecule has 1 aromatic rings. The van der Waals surface area contributed by atoms with Crippen LogP contribution in [0, 0.1) is 28.4 Å². The molecule has 1 N–H and O–H groups in total. The fraction of sp³-hybridized carbons (Fsp3) is 0.333. The molecule has 0 saturated carbocycles. The first-order valence-corrected chi connectivity index (χ1v) is 5.39. The topological polar surface area (TPSA) is 96.0 Å². The summed E-state index contributed by atoms with van der Waals surface area (Å²) in [4.78, 5) is 22.2. The third kappa shape index (κ3) is 3.04. The number of hydrogen-bond donors (Lipinski definition) is 1. The van der Waals surface area contributed by atoms with Crippen molar-refractivity contribution in [2.75, 3.05) is 0 Å². The van der Waals surface area contributed by atoms with Crippen LogP contribution in [-0.2, 0) is 0 Å². The summed E-state index contributed by atoms with van der Waals surface area (Å²) in [6.07, 6.45) is 0.158. The van der Waals surface area contributed by atoms with E-state index in [2.05, 4.69) is 5.32 Å². The summed E-state index contributed by atoms with van der Waals surface area (Å²) in [5, 5.41) is 21.9. The van der Waals surface area contributed by atoms with Crippen molar-refractivity contribution in [1.29, 1.82) is 5.26 Å². The van der Waals surface area contributed by atoms with Crippen molar-refractivity contribution in [3.8, 4) is 6.07 Å². The van der Waals surface area contributed by atoms with Gasteiger partial charge in [-0.05, 0) is 19.4 Å². The molecule has 6 nitrogen and oxygen atoms in total. The molecule has 0 bridgehead atoms. The Balaban J connectivity index is 3.06. The molecule has 0 spiro atoms. The van der Waals surface area contributed by atoms with Crippen LogP contribution in [0.2, 0.25) is 0 Å². The molecule has 0 aliphatic heterocycles. The first-order chi connectivity index (χ1) is 8.47. The van der Waals surface area contributed by atoms with Crippen molar-refractivity contribution in [2.24, 2.45) is 0 Å². The van der Waals surface area contributed by atoms with E-state index in [1.54, 1.807) is 19.9 Å². The Morgan fingerprint density at radius 2 is 2.28 bits per heavy atom. The summed E-state index contributed by atoms with van der Waals surface area (Å²) in [6, 6.07) is 6.04. The lowest BCUT2D eigenvalue weighted by Crippen LogP contribution is -2.33. The molecule has 0 aliphatic rings. The number of amides is 1. The molecule has 0 aromatic heterocycles. The van der Waals surface area contributed by atoms with E-state index in [9.17, 15) is 14.9 Å². The van der Waals surface area contributed by atoms with Crippen LogP contribution < -0.4 is 5.32 Å². The van der Waals surface area contributed by atoms with Crippen molar-refractivity contribution in [3.63, 3.8) is 0 Å². The minimum absolute atomic E-state index is 0.0484. The number of aryl methyl sites for hydroxylation is 1. The average Bonchev–Trinajstić information content (AvgIpc) is 2.28. The van der Waals surface area contributed by atoms with Crippen LogP contribution in [0.4, 0.5) is 5.69 Å². The minimum Gasteiger partial charge on any atom is -0.348 e. The standard InChI is InChI=1S/C12H13N3O3/c1-8-4-3-5-10(15(17)18)11(8)12(16)14-9(2)6-7-13/h3-5,9H,6H2,1-2H3,(H,14,16). The molecule has 0 fully saturated rings. The van der Waals surface area contributed by atoms with Crippen LogP contribution in [0.25, 0.3) is 0 Å². The maximum atomic E-state index is 12.0. The Bertz CT molecular complexity index is 520. The Hall–Kier alpha value is -2.42. The summed E-state index contributed by atoms with van der Waals surface area (Å²) in [5.41, 5.74) is 0.356. The highest BCUT2D eigenvalue weighted by Crippen LogP contribution is 2.21. The number of benzene rings is 1. The Morgan fingerprint density at radius 3 is 2.83 bits per heavy atom. The number of rotatable bonds is 4. The molecule has 1 rings (SSSR count). The van der Waals surface area contributed by atoms with Crippen molar-refractivity contribution >= 4 is 11.6 Å². The molecule has 0 aliphatic carbocycles. The van der Waals surface area contributed by atoms with E-state index in [0.717, 1.165) is 0 Å². The number of nitrogens with zero attached hydrogens (tertiary/aromatic N) is 2. The molecule has 0 heterocycles. The van der Waals surface area contributed by atoms with Gasteiger partial charge in [0.25, 0.3) is 11.6 Å². The van der Waals surface area contributed by atoms with Crippen LogP contribution in [0.15, 0.2) is 18.2 Å². The number of carbonyl (C=O) groups excluding carboxylic acids is 1. The van der Waals surface area contributed by atoms with E-state index in [4.69, 9.17) is 5.26 Å². The van der Waals surface area contributed by atoms with Gasteiger partial charge >= 0.3 is 0 Å². The van der Waals surface area contributed by atoms with E-state index >= 15 is 0 Å². The molecule has 6 heteroatoms. The van der Waals surface area contributed by atoms with Gasteiger partial charge < -0.3 is 5.32 Å². The fourth-order valence-electron chi connectivity index (χ4n) is 1.58. The molecular formula is C12H13N3O3. The van der Waals surface area contributed by atoms with Gasteiger partial charge in [0.1, 0.15) is 5.56 Å². The number of nitriles is 1. The third-order valence-electron chi connectivity index (χ3n) is 2.45. The largest absolute Gasteiger partial charge is 0.348 e.